The van der Waals surface area contributed by atoms with Gasteiger partial charge >= 0.3 is 0 Å². The maximum atomic E-state index is 13.3. The summed E-state index contributed by atoms with van der Waals surface area (Å²) in [5, 5.41) is 5.01. The average Bonchev–Trinajstić information content (AvgIpc) is 2.71. The molecule has 0 spiro atoms. The van der Waals surface area contributed by atoms with Crippen molar-refractivity contribution in [2.75, 3.05) is 10.6 Å². The minimum absolute atomic E-state index is 0.0152. The molecule has 2 amide bonds. The maximum absolute atomic E-state index is 13.3. The molecule has 1 aromatic heterocycles. The zero-order valence-electron chi connectivity index (χ0n) is 15.2. The Morgan fingerprint density at radius 2 is 1.31 bits per heavy atom. The lowest BCUT2D eigenvalue weighted by molar-refractivity contribution is 0.100. The molecule has 0 saturated heterocycles. The first-order chi connectivity index (χ1) is 13.8. The van der Waals surface area contributed by atoms with Gasteiger partial charge in [-0.3, -0.25) is 14.4 Å². The molecule has 0 aliphatic heterocycles. The number of aromatic nitrogens is 1. The van der Waals surface area contributed by atoms with Gasteiger partial charge in [0.15, 0.2) is 17.4 Å². The molecule has 1 heterocycles. The quantitative estimate of drug-likeness (QED) is 0.638. The Morgan fingerprint density at radius 3 is 1.86 bits per heavy atom. The predicted molar refractivity (Wildman–Crippen MR) is 103 cm³/mol. The average molecular weight is 395 g/mol. The smallest absolute Gasteiger partial charge is 0.274 e. The van der Waals surface area contributed by atoms with Crippen molar-refractivity contribution in [2.45, 2.75) is 6.92 Å². The molecule has 0 saturated carbocycles. The number of carbonyl (C=O) groups is 3. The summed E-state index contributed by atoms with van der Waals surface area (Å²) in [4.78, 5) is 40.0. The third-order valence-electron chi connectivity index (χ3n) is 3.94. The molecule has 0 fully saturated rings. The third-order valence-corrected chi connectivity index (χ3v) is 3.94. The molecule has 0 radical (unpaired) electrons. The summed E-state index contributed by atoms with van der Waals surface area (Å²) in [6.45, 7) is 1.44. The van der Waals surface area contributed by atoms with Gasteiger partial charge in [-0.25, -0.2) is 13.8 Å². The largest absolute Gasteiger partial charge is 0.321 e. The van der Waals surface area contributed by atoms with Crippen molar-refractivity contribution in [1.29, 1.82) is 0 Å². The van der Waals surface area contributed by atoms with E-state index < -0.39 is 23.4 Å². The zero-order valence-corrected chi connectivity index (χ0v) is 15.2. The Morgan fingerprint density at radius 1 is 0.759 bits per heavy atom. The summed E-state index contributed by atoms with van der Waals surface area (Å²) < 4.78 is 26.2. The topological polar surface area (TPSA) is 88.2 Å². The number of carbonyl (C=O) groups excluding carboxylic acids is 3. The Hall–Kier alpha value is -3.94. The molecule has 2 N–H and O–H groups in total. The lowest BCUT2D eigenvalue weighted by Crippen LogP contribution is -2.18. The number of hydrogen-bond acceptors (Lipinski definition) is 4. The van der Waals surface area contributed by atoms with Crippen molar-refractivity contribution in [3.63, 3.8) is 0 Å². The van der Waals surface area contributed by atoms with E-state index in [-0.39, 0.29) is 22.9 Å². The summed E-state index contributed by atoms with van der Waals surface area (Å²) in [6.07, 6.45) is 0. The Kier molecular flexibility index (Phi) is 5.73. The van der Waals surface area contributed by atoms with Crippen LogP contribution in [0, 0.1) is 11.6 Å². The number of ketones is 1. The van der Waals surface area contributed by atoms with E-state index in [0.717, 1.165) is 12.1 Å². The van der Waals surface area contributed by atoms with E-state index in [1.807, 2.05) is 0 Å². The van der Waals surface area contributed by atoms with Crippen LogP contribution in [0.25, 0.3) is 0 Å². The molecule has 146 valence electrons. The van der Waals surface area contributed by atoms with Gasteiger partial charge in [-0.05, 0) is 55.5 Å². The van der Waals surface area contributed by atoms with E-state index in [1.165, 1.54) is 31.2 Å². The van der Waals surface area contributed by atoms with Gasteiger partial charge in [0.2, 0.25) is 0 Å². The SMILES string of the molecule is CC(=O)c1ccc(NC(=O)c2cccc(C(=O)Nc3ccc(F)c(F)c3)n2)cc1. The lowest BCUT2D eigenvalue weighted by Gasteiger charge is -2.08. The van der Waals surface area contributed by atoms with Crippen LogP contribution in [-0.2, 0) is 0 Å². The normalized spacial score (nSPS) is 10.3. The fraction of sp³-hybridized carbons (Fsp3) is 0.0476. The summed E-state index contributed by atoms with van der Waals surface area (Å²) in [6, 6.07) is 13.5. The zero-order chi connectivity index (χ0) is 21.0. The van der Waals surface area contributed by atoms with Crippen LogP contribution in [0.5, 0.6) is 0 Å². The van der Waals surface area contributed by atoms with Crippen LogP contribution < -0.4 is 10.6 Å². The van der Waals surface area contributed by atoms with Gasteiger partial charge in [0.1, 0.15) is 11.4 Å². The minimum Gasteiger partial charge on any atom is -0.321 e. The fourth-order valence-electron chi connectivity index (χ4n) is 2.44. The first-order valence-electron chi connectivity index (χ1n) is 8.49. The van der Waals surface area contributed by atoms with Gasteiger partial charge in [-0.1, -0.05) is 6.07 Å². The van der Waals surface area contributed by atoms with E-state index in [4.69, 9.17) is 0 Å². The number of pyridine rings is 1. The van der Waals surface area contributed by atoms with Gasteiger partial charge in [0.25, 0.3) is 11.8 Å². The van der Waals surface area contributed by atoms with E-state index >= 15 is 0 Å². The van der Waals surface area contributed by atoms with Gasteiger partial charge in [-0.2, -0.15) is 0 Å². The number of halogens is 2. The molecule has 6 nitrogen and oxygen atoms in total. The van der Waals surface area contributed by atoms with Crippen LogP contribution in [0.3, 0.4) is 0 Å². The second-order valence-electron chi connectivity index (χ2n) is 6.08. The van der Waals surface area contributed by atoms with Crippen LogP contribution in [0.2, 0.25) is 0 Å². The van der Waals surface area contributed by atoms with Gasteiger partial charge in [0.05, 0.1) is 0 Å². The van der Waals surface area contributed by atoms with Crippen molar-refractivity contribution in [3.05, 3.63) is 89.2 Å². The standard InChI is InChI=1S/C21H15F2N3O3/c1-12(27)13-5-7-14(8-6-13)24-20(28)18-3-2-4-19(26-18)21(29)25-15-9-10-16(22)17(23)11-15/h2-11H,1H3,(H,24,28)(H,25,29). The number of rotatable bonds is 5. The van der Waals surface area contributed by atoms with Crippen molar-refractivity contribution in [3.8, 4) is 0 Å². The summed E-state index contributed by atoms with van der Waals surface area (Å²) >= 11 is 0. The highest BCUT2D eigenvalue weighted by atomic mass is 19.2. The number of anilines is 2. The van der Waals surface area contributed by atoms with Crippen LogP contribution in [-0.4, -0.2) is 22.6 Å². The fourth-order valence-corrected chi connectivity index (χ4v) is 2.44. The highest BCUT2D eigenvalue weighted by Crippen LogP contribution is 2.15. The molecule has 0 atom stereocenters. The summed E-state index contributed by atoms with van der Waals surface area (Å²) in [7, 11) is 0. The van der Waals surface area contributed by atoms with Crippen LogP contribution in [0.15, 0.2) is 60.7 Å². The third kappa shape index (κ3) is 4.86. The van der Waals surface area contributed by atoms with Crippen LogP contribution in [0.4, 0.5) is 20.2 Å². The van der Waals surface area contributed by atoms with Gasteiger partial charge < -0.3 is 10.6 Å². The Bertz CT molecular complexity index is 1100. The molecule has 3 rings (SSSR count). The number of nitrogens with one attached hydrogen (secondary N) is 2. The predicted octanol–water partition coefficient (Wildman–Crippen LogP) is 4.07. The minimum atomic E-state index is -1.10. The second kappa shape index (κ2) is 8.39. The highest BCUT2D eigenvalue weighted by molar-refractivity contribution is 6.06. The van der Waals surface area contributed by atoms with Gasteiger partial charge in [-0.15, -0.1) is 0 Å². The molecule has 3 aromatic rings. The number of Topliss-reactive ketones (excluding diaryl/α,β-unsaturated/α-hetero) is 1. The molecule has 0 unspecified atom stereocenters. The molecular weight excluding hydrogens is 380 g/mol. The Balaban J connectivity index is 1.72. The first kappa shape index (κ1) is 19.8. The van der Waals surface area contributed by atoms with E-state index in [1.54, 1.807) is 24.3 Å². The maximum Gasteiger partial charge on any atom is 0.274 e. The molecule has 0 aliphatic carbocycles. The second-order valence-corrected chi connectivity index (χ2v) is 6.08. The van der Waals surface area contributed by atoms with Crippen LogP contribution in [0.1, 0.15) is 38.3 Å². The van der Waals surface area contributed by atoms with Crippen molar-refractivity contribution < 1.29 is 23.2 Å². The van der Waals surface area contributed by atoms with E-state index in [2.05, 4.69) is 15.6 Å². The monoisotopic (exact) mass is 395 g/mol. The molecule has 8 heteroatoms. The van der Waals surface area contributed by atoms with E-state index in [0.29, 0.717) is 11.3 Å². The van der Waals surface area contributed by atoms with Crippen molar-refractivity contribution in [2.24, 2.45) is 0 Å². The molecule has 0 aliphatic rings. The summed E-state index contributed by atoms with van der Waals surface area (Å²) in [5.74, 6) is -3.46. The van der Waals surface area contributed by atoms with E-state index in [9.17, 15) is 23.2 Å². The van der Waals surface area contributed by atoms with Gasteiger partial charge in [0, 0.05) is 23.0 Å². The first-order valence-corrected chi connectivity index (χ1v) is 8.49. The lowest BCUT2D eigenvalue weighted by atomic mass is 10.1. The Labute approximate surface area is 164 Å². The summed E-state index contributed by atoms with van der Waals surface area (Å²) in [5.41, 5.74) is 0.930. The molecule has 0 bridgehead atoms. The number of amides is 2. The molecule has 2 aromatic carbocycles. The van der Waals surface area contributed by atoms with Crippen molar-refractivity contribution in [1.82, 2.24) is 4.98 Å². The number of hydrogen-bond donors (Lipinski definition) is 2. The molecular formula is C21H15F2N3O3. The highest BCUT2D eigenvalue weighted by Gasteiger charge is 2.14. The molecule has 29 heavy (non-hydrogen) atoms. The van der Waals surface area contributed by atoms with Crippen LogP contribution >= 0.6 is 0 Å². The number of benzene rings is 2. The van der Waals surface area contributed by atoms with Crippen molar-refractivity contribution >= 4 is 29.0 Å². The number of nitrogens with zero attached hydrogens (tertiary/aromatic N) is 1.